The van der Waals surface area contributed by atoms with E-state index < -0.39 is 6.04 Å². The van der Waals surface area contributed by atoms with E-state index in [4.69, 9.17) is 14.7 Å². The number of anilines is 2. The molecule has 0 aliphatic carbocycles. The summed E-state index contributed by atoms with van der Waals surface area (Å²) < 4.78 is 5.45. The van der Waals surface area contributed by atoms with Gasteiger partial charge in [0.2, 0.25) is 11.8 Å². The summed E-state index contributed by atoms with van der Waals surface area (Å²) in [6.07, 6.45) is -0.0114. The summed E-state index contributed by atoms with van der Waals surface area (Å²) in [4.78, 5) is 54.7. The number of fused-ring (bicyclic) bond motifs is 3. The van der Waals surface area contributed by atoms with E-state index in [1.54, 1.807) is 24.3 Å². The van der Waals surface area contributed by atoms with Crippen molar-refractivity contribution in [2.24, 2.45) is 9.98 Å². The number of thioether (sulfide) groups is 1. The van der Waals surface area contributed by atoms with Gasteiger partial charge < -0.3 is 19.9 Å². The quantitative estimate of drug-likeness (QED) is 0.419. The van der Waals surface area contributed by atoms with Crippen LogP contribution in [0.2, 0.25) is 0 Å². The van der Waals surface area contributed by atoms with Gasteiger partial charge in [0.05, 0.1) is 24.5 Å². The van der Waals surface area contributed by atoms with Crippen LogP contribution >= 0.6 is 11.8 Å². The summed E-state index contributed by atoms with van der Waals surface area (Å²) in [7, 11) is 0. The minimum atomic E-state index is -0.843. The number of amides is 3. The molecule has 0 bridgehead atoms. The number of para-hydroxylation sites is 2. The highest BCUT2D eigenvalue weighted by Crippen LogP contribution is 2.34. The van der Waals surface area contributed by atoms with Gasteiger partial charge in [0, 0.05) is 43.1 Å². The van der Waals surface area contributed by atoms with Gasteiger partial charge in [-0.05, 0) is 55.5 Å². The number of hydrogen-bond acceptors (Lipinski definition) is 8. The number of rotatable bonds is 8. The van der Waals surface area contributed by atoms with Gasteiger partial charge in [-0.3, -0.25) is 19.4 Å². The average Bonchev–Trinajstić information content (AvgIpc) is 3.37. The fourth-order valence-electron chi connectivity index (χ4n) is 5.31. The van der Waals surface area contributed by atoms with Gasteiger partial charge in [-0.1, -0.05) is 42.1 Å². The van der Waals surface area contributed by atoms with E-state index in [0.29, 0.717) is 42.1 Å². The molecule has 220 valence electrons. The van der Waals surface area contributed by atoms with Crippen molar-refractivity contribution in [3.63, 3.8) is 0 Å². The monoisotopic (exact) mass is 596 g/mol. The Bertz CT molecular complexity index is 1570. The lowest BCUT2D eigenvalue weighted by Crippen LogP contribution is -2.49. The van der Waals surface area contributed by atoms with Crippen LogP contribution in [0.4, 0.5) is 17.1 Å². The maximum Gasteiger partial charge on any atom is 0.259 e. The van der Waals surface area contributed by atoms with Gasteiger partial charge in [0.25, 0.3) is 5.91 Å². The molecule has 1 N–H and O–H groups in total. The molecule has 3 heterocycles. The maximum atomic E-state index is 13.7. The van der Waals surface area contributed by atoms with Gasteiger partial charge in [-0.25, -0.2) is 9.89 Å². The molecule has 43 heavy (non-hydrogen) atoms. The lowest BCUT2D eigenvalue weighted by Gasteiger charge is -2.36. The van der Waals surface area contributed by atoms with E-state index >= 15 is 0 Å². The van der Waals surface area contributed by atoms with Crippen LogP contribution < -0.4 is 15.0 Å². The molecular weight excluding hydrogens is 564 g/mol. The Morgan fingerprint density at radius 3 is 2.42 bits per heavy atom. The van der Waals surface area contributed by atoms with Crippen molar-refractivity contribution in [3.05, 3.63) is 84.4 Å². The first kappa shape index (κ1) is 28.5. The number of benzene rings is 3. The number of ether oxygens (including phenoxy) is 1. The fourth-order valence-corrected chi connectivity index (χ4v) is 6.11. The molecule has 3 aromatic carbocycles. The Balaban J connectivity index is 1.10. The number of nitrogens with one attached hydrogen (secondary N) is 1. The smallest absolute Gasteiger partial charge is 0.259 e. The third-order valence-corrected chi connectivity index (χ3v) is 8.39. The number of amidine groups is 2. The topological polar surface area (TPSA) is 107 Å². The minimum Gasteiger partial charge on any atom is -0.494 e. The standard InChI is InChI=1S/C32H32N6O4S/c1-2-42-24-14-12-22(13-15-24)33-28(39)21-43-32-35-26-11-7-6-10-25(26)30-34-27(31(41)38(30)32)20-29(40)37-18-16-36(17-19-37)23-8-4-3-5-9-23/h3-15,27H,2,16-21H2,1H3,(H,33,39)/t27-/m1/s1. The lowest BCUT2D eigenvalue weighted by molar-refractivity contribution is -0.135. The van der Waals surface area contributed by atoms with Crippen molar-refractivity contribution >= 4 is 57.5 Å². The Morgan fingerprint density at radius 2 is 1.67 bits per heavy atom. The molecule has 0 aromatic heterocycles. The molecule has 3 amide bonds. The maximum absolute atomic E-state index is 13.7. The summed E-state index contributed by atoms with van der Waals surface area (Å²) in [5.74, 6) is 0.606. The summed E-state index contributed by atoms with van der Waals surface area (Å²) in [5, 5.41) is 3.24. The number of hydrogen-bond donors (Lipinski definition) is 1. The summed E-state index contributed by atoms with van der Waals surface area (Å²) in [6.45, 7) is 5.11. The van der Waals surface area contributed by atoms with Crippen LogP contribution in [-0.2, 0) is 14.4 Å². The van der Waals surface area contributed by atoms with Crippen molar-refractivity contribution < 1.29 is 19.1 Å². The van der Waals surface area contributed by atoms with Crippen molar-refractivity contribution in [1.82, 2.24) is 9.80 Å². The summed E-state index contributed by atoms with van der Waals surface area (Å²) in [5.41, 5.74) is 3.18. The molecule has 6 rings (SSSR count). The highest BCUT2D eigenvalue weighted by atomic mass is 32.2. The molecule has 0 unspecified atom stereocenters. The molecule has 1 fully saturated rings. The van der Waals surface area contributed by atoms with Crippen LogP contribution in [0.15, 0.2) is 88.8 Å². The van der Waals surface area contributed by atoms with E-state index in [9.17, 15) is 14.4 Å². The zero-order valence-electron chi connectivity index (χ0n) is 23.8. The highest BCUT2D eigenvalue weighted by Gasteiger charge is 2.42. The van der Waals surface area contributed by atoms with Gasteiger partial charge in [0.15, 0.2) is 5.17 Å². The Labute approximate surface area is 254 Å². The van der Waals surface area contributed by atoms with E-state index in [1.165, 1.54) is 4.90 Å². The highest BCUT2D eigenvalue weighted by molar-refractivity contribution is 8.14. The number of carbonyl (C=O) groups excluding carboxylic acids is 3. The molecule has 3 aromatic rings. The first-order valence-corrected chi connectivity index (χ1v) is 15.3. The van der Waals surface area contributed by atoms with E-state index in [-0.39, 0.29) is 29.9 Å². The number of aliphatic imine (C=N–C) groups is 2. The molecule has 10 nitrogen and oxygen atoms in total. The predicted molar refractivity (Wildman–Crippen MR) is 169 cm³/mol. The second-order valence-electron chi connectivity index (χ2n) is 10.3. The largest absolute Gasteiger partial charge is 0.494 e. The summed E-state index contributed by atoms with van der Waals surface area (Å²) in [6, 6.07) is 23.9. The van der Waals surface area contributed by atoms with Gasteiger partial charge >= 0.3 is 0 Å². The SMILES string of the molecule is CCOc1ccc(NC(=O)CSC2=Nc3ccccc3C3=N[C@H](CC(=O)N4CCN(c5ccccc5)CC4)C(=O)N23)cc1. The van der Waals surface area contributed by atoms with Crippen molar-refractivity contribution in [2.45, 2.75) is 19.4 Å². The lowest BCUT2D eigenvalue weighted by atomic mass is 10.1. The fraction of sp³-hybridized carbons (Fsp3) is 0.281. The van der Waals surface area contributed by atoms with Crippen LogP contribution in [0.25, 0.3) is 0 Å². The molecule has 1 saturated heterocycles. The number of piperazine rings is 1. The summed E-state index contributed by atoms with van der Waals surface area (Å²) >= 11 is 1.16. The predicted octanol–water partition coefficient (Wildman–Crippen LogP) is 4.15. The van der Waals surface area contributed by atoms with Crippen LogP contribution in [0, 0.1) is 0 Å². The van der Waals surface area contributed by atoms with Crippen LogP contribution in [0.5, 0.6) is 5.75 Å². The Hall–Kier alpha value is -4.64. The van der Waals surface area contributed by atoms with E-state index in [0.717, 1.165) is 41.9 Å². The van der Waals surface area contributed by atoms with Crippen LogP contribution in [0.1, 0.15) is 18.9 Å². The van der Waals surface area contributed by atoms with E-state index in [1.807, 2.05) is 54.3 Å². The first-order valence-electron chi connectivity index (χ1n) is 14.3. The molecule has 0 saturated carbocycles. The van der Waals surface area contributed by atoms with Crippen LogP contribution in [-0.4, -0.2) is 83.1 Å². The number of nitrogens with zero attached hydrogens (tertiary/aromatic N) is 5. The molecule has 1 atom stereocenters. The average molecular weight is 597 g/mol. The van der Waals surface area contributed by atoms with Gasteiger partial charge in [-0.2, -0.15) is 0 Å². The zero-order chi connectivity index (χ0) is 29.8. The zero-order valence-corrected chi connectivity index (χ0v) is 24.6. The Morgan fingerprint density at radius 1 is 0.953 bits per heavy atom. The van der Waals surface area contributed by atoms with Gasteiger partial charge in [-0.15, -0.1) is 0 Å². The number of carbonyl (C=O) groups is 3. The second kappa shape index (κ2) is 12.7. The van der Waals surface area contributed by atoms with Crippen molar-refractivity contribution in [3.8, 4) is 5.75 Å². The van der Waals surface area contributed by atoms with Crippen molar-refractivity contribution in [2.75, 3.05) is 48.8 Å². The normalized spacial score (nSPS) is 17.6. The molecule has 0 spiro atoms. The molecule has 0 radical (unpaired) electrons. The van der Waals surface area contributed by atoms with E-state index in [2.05, 4.69) is 22.3 Å². The van der Waals surface area contributed by atoms with Gasteiger partial charge in [0.1, 0.15) is 17.6 Å². The van der Waals surface area contributed by atoms with Crippen molar-refractivity contribution in [1.29, 1.82) is 0 Å². The first-order chi connectivity index (χ1) is 21.0. The second-order valence-corrected chi connectivity index (χ2v) is 11.2. The molecular formula is C32H32N6O4S. The molecule has 11 heteroatoms. The third-order valence-electron chi connectivity index (χ3n) is 7.45. The molecule has 3 aliphatic heterocycles. The Kier molecular flexibility index (Phi) is 8.41. The van der Waals surface area contributed by atoms with Crippen LogP contribution in [0.3, 0.4) is 0 Å². The third kappa shape index (κ3) is 6.26. The molecule has 3 aliphatic rings. The minimum absolute atomic E-state index is 0.0114.